The van der Waals surface area contributed by atoms with Crippen LogP contribution in [0, 0.1) is 0 Å². The molecular weight excluding hydrogens is 350 g/mol. The van der Waals surface area contributed by atoms with Gasteiger partial charge in [-0.1, -0.05) is 34.6 Å². The van der Waals surface area contributed by atoms with Crippen LogP contribution in [0.5, 0.6) is 0 Å². The minimum absolute atomic E-state index is 0.265. The van der Waals surface area contributed by atoms with Crippen LogP contribution in [0.2, 0.25) is 0 Å². The fraction of sp³-hybridized carbons (Fsp3) is 0.125. The molecule has 3 nitrogen and oxygen atoms in total. The minimum atomic E-state index is -0.930. The van der Waals surface area contributed by atoms with Gasteiger partial charge in [0, 0.05) is 25.5 Å². The third kappa shape index (κ3) is 2.76. The van der Waals surface area contributed by atoms with E-state index in [0.717, 1.165) is 37.6 Å². The number of rotatable bonds is 2. The Hall–Kier alpha value is -1.59. The molecule has 3 rings (SSSR count). The van der Waals surface area contributed by atoms with Crippen LogP contribution in [0.1, 0.15) is 29.3 Å². The Kier molecular flexibility index (Phi) is 3.87. The predicted molar refractivity (Wildman–Crippen MR) is 88.2 cm³/mol. The number of hydrogen-bond acceptors (Lipinski definition) is 3. The molecule has 106 valence electrons. The highest BCUT2D eigenvalue weighted by molar-refractivity contribution is 9.10. The van der Waals surface area contributed by atoms with E-state index in [2.05, 4.69) is 35.0 Å². The molecule has 0 unspecified atom stereocenters. The van der Waals surface area contributed by atoms with Gasteiger partial charge >= 0.3 is 5.97 Å². The second-order valence-corrected chi connectivity index (χ2v) is 6.64. The van der Waals surface area contributed by atoms with Crippen LogP contribution in [0.3, 0.4) is 0 Å². The van der Waals surface area contributed by atoms with Gasteiger partial charge in [-0.2, -0.15) is 0 Å². The van der Waals surface area contributed by atoms with E-state index in [4.69, 9.17) is 10.1 Å². The normalized spacial score (nSPS) is 13.0. The summed E-state index contributed by atoms with van der Waals surface area (Å²) in [5.74, 6) is -0.930. The number of benzene rings is 2. The Bertz CT molecular complexity index is 771. The van der Waals surface area contributed by atoms with Crippen molar-refractivity contribution in [3.05, 3.63) is 52.0 Å². The molecule has 0 amide bonds. The van der Waals surface area contributed by atoms with E-state index in [-0.39, 0.29) is 5.56 Å². The van der Waals surface area contributed by atoms with Gasteiger partial charge in [-0.15, -0.1) is 0 Å². The van der Waals surface area contributed by atoms with Crippen molar-refractivity contribution in [2.45, 2.75) is 23.1 Å². The van der Waals surface area contributed by atoms with E-state index >= 15 is 0 Å². The van der Waals surface area contributed by atoms with Crippen LogP contribution in [0.15, 0.2) is 55.7 Å². The van der Waals surface area contributed by atoms with Crippen molar-refractivity contribution >= 4 is 45.1 Å². The van der Waals surface area contributed by atoms with Crippen molar-refractivity contribution in [3.63, 3.8) is 0 Å². The lowest BCUT2D eigenvalue weighted by atomic mass is 10.1. The first kappa shape index (κ1) is 14.4. The van der Waals surface area contributed by atoms with Crippen LogP contribution in [0.25, 0.3) is 0 Å². The lowest BCUT2D eigenvalue weighted by Gasteiger charge is -2.07. The molecule has 0 bridgehead atoms. The third-order valence-electron chi connectivity index (χ3n) is 3.27. The molecule has 1 aliphatic heterocycles. The number of fused-ring (bicyclic) bond motifs is 2. The molecule has 0 saturated heterocycles. The molecule has 1 heterocycles. The summed E-state index contributed by atoms with van der Waals surface area (Å²) < 4.78 is 1.01. The molecule has 0 spiro atoms. The average molecular weight is 362 g/mol. The summed E-state index contributed by atoms with van der Waals surface area (Å²) in [6.45, 7) is 2.06. The van der Waals surface area contributed by atoms with E-state index < -0.39 is 5.97 Å². The van der Waals surface area contributed by atoms with E-state index in [1.807, 2.05) is 12.1 Å². The highest BCUT2D eigenvalue weighted by Crippen LogP contribution is 2.41. The standard InChI is InChI=1S/C16H12BrNO2S/c1-2-12-11-8-10(17)4-6-14(11)21-15-5-3-9(16(19)20)7-13(15)18-12/h3-8H,2H2,1H3,(H,19,20). The third-order valence-corrected chi connectivity index (χ3v) is 4.90. The molecule has 21 heavy (non-hydrogen) atoms. The largest absolute Gasteiger partial charge is 0.478 e. The Morgan fingerprint density at radius 3 is 2.71 bits per heavy atom. The number of aromatic carboxylic acids is 1. The summed E-state index contributed by atoms with van der Waals surface area (Å²) in [7, 11) is 0. The van der Waals surface area contributed by atoms with Gasteiger partial charge in [0.1, 0.15) is 0 Å². The molecule has 2 aromatic carbocycles. The lowest BCUT2D eigenvalue weighted by molar-refractivity contribution is 0.0697. The fourth-order valence-electron chi connectivity index (χ4n) is 2.23. The first-order chi connectivity index (χ1) is 10.1. The Morgan fingerprint density at radius 2 is 2.00 bits per heavy atom. The van der Waals surface area contributed by atoms with Gasteiger partial charge in [0.2, 0.25) is 0 Å². The summed E-state index contributed by atoms with van der Waals surface area (Å²) in [4.78, 5) is 17.9. The van der Waals surface area contributed by atoms with Gasteiger partial charge in [-0.3, -0.25) is 4.99 Å². The predicted octanol–water partition coefficient (Wildman–Crippen LogP) is 5.14. The maximum Gasteiger partial charge on any atom is 0.335 e. The fourth-order valence-corrected chi connectivity index (χ4v) is 3.60. The van der Waals surface area contributed by atoms with E-state index in [1.165, 1.54) is 0 Å². The summed E-state index contributed by atoms with van der Waals surface area (Å²) in [6, 6.07) is 11.2. The van der Waals surface area contributed by atoms with Gasteiger partial charge in [-0.25, -0.2) is 4.79 Å². The molecule has 1 aliphatic rings. The number of hydrogen-bond donors (Lipinski definition) is 1. The quantitative estimate of drug-likeness (QED) is 0.805. The van der Waals surface area contributed by atoms with E-state index in [1.54, 1.807) is 23.9 Å². The Balaban J connectivity index is 2.21. The monoisotopic (exact) mass is 361 g/mol. The molecule has 0 aromatic heterocycles. The Labute approximate surface area is 135 Å². The van der Waals surface area contributed by atoms with Gasteiger partial charge in [0.05, 0.1) is 11.3 Å². The van der Waals surface area contributed by atoms with Crippen molar-refractivity contribution in [1.82, 2.24) is 0 Å². The average Bonchev–Trinajstić information content (AvgIpc) is 2.62. The highest BCUT2D eigenvalue weighted by Gasteiger charge is 2.18. The molecule has 0 atom stereocenters. The van der Waals surface area contributed by atoms with E-state index in [9.17, 15) is 4.79 Å². The molecule has 5 heteroatoms. The zero-order valence-electron chi connectivity index (χ0n) is 11.3. The maximum absolute atomic E-state index is 11.1. The smallest absolute Gasteiger partial charge is 0.335 e. The number of nitrogens with zero attached hydrogens (tertiary/aromatic N) is 1. The number of halogens is 1. The number of aliphatic imine (C=N–C) groups is 1. The summed E-state index contributed by atoms with van der Waals surface area (Å²) >= 11 is 5.12. The van der Waals surface area contributed by atoms with Crippen molar-refractivity contribution in [1.29, 1.82) is 0 Å². The van der Waals surface area contributed by atoms with Gasteiger partial charge in [-0.05, 0) is 42.8 Å². The lowest BCUT2D eigenvalue weighted by Crippen LogP contribution is -1.99. The highest BCUT2D eigenvalue weighted by atomic mass is 79.9. The Morgan fingerprint density at radius 1 is 1.24 bits per heavy atom. The first-order valence-corrected chi connectivity index (χ1v) is 8.12. The zero-order chi connectivity index (χ0) is 15.0. The zero-order valence-corrected chi connectivity index (χ0v) is 13.7. The maximum atomic E-state index is 11.1. The molecule has 2 aromatic rings. The molecule has 1 N–H and O–H groups in total. The second kappa shape index (κ2) is 5.66. The van der Waals surface area contributed by atoms with Crippen LogP contribution in [-0.4, -0.2) is 16.8 Å². The number of carboxylic acid groups (broad SMARTS) is 1. The summed E-state index contributed by atoms with van der Waals surface area (Å²) in [6.07, 6.45) is 0.792. The van der Waals surface area contributed by atoms with Crippen molar-refractivity contribution < 1.29 is 9.90 Å². The second-order valence-electron chi connectivity index (χ2n) is 4.64. The van der Waals surface area contributed by atoms with Gasteiger partial charge < -0.3 is 5.11 Å². The van der Waals surface area contributed by atoms with E-state index in [0.29, 0.717) is 0 Å². The van der Waals surface area contributed by atoms with Crippen molar-refractivity contribution in [2.24, 2.45) is 4.99 Å². The van der Waals surface area contributed by atoms with Gasteiger partial charge in [0.15, 0.2) is 0 Å². The molecule has 0 radical (unpaired) electrons. The van der Waals surface area contributed by atoms with Crippen molar-refractivity contribution in [3.8, 4) is 0 Å². The molecule has 0 aliphatic carbocycles. The van der Waals surface area contributed by atoms with Crippen LogP contribution >= 0.6 is 27.7 Å². The summed E-state index contributed by atoms with van der Waals surface area (Å²) in [5, 5.41) is 9.13. The molecule has 0 fully saturated rings. The topological polar surface area (TPSA) is 49.7 Å². The first-order valence-electron chi connectivity index (χ1n) is 6.51. The molecule has 0 saturated carbocycles. The van der Waals surface area contributed by atoms with Crippen LogP contribution in [0.4, 0.5) is 5.69 Å². The van der Waals surface area contributed by atoms with Gasteiger partial charge in [0.25, 0.3) is 0 Å². The number of carbonyl (C=O) groups is 1. The van der Waals surface area contributed by atoms with Crippen molar-refractivity contribution in [2.75, 3.05) is 0 Å². The number of carboxylic acids is 1. The van der Waals surface area contributed by atoms with Crippen LogP contribution < -0.4 is 0 Å². The minimum Gasteiger partial charge on any atom is -0.478 e. The van der Waals surface area contributed by atoms with Crippen LogP contribution in [-0.2, 0) is 0 Å². The molecular formula is C16H12BrNO2S. The summed E-state index contributed by atoms with van der Waals surface area (Å²) in [5.41, 5.74) is 3.06. The SMILES string of the molecule is CCC1=Nc2cc(C(=O)O)ccc2Sc2ccc(Br)cc21.